The van der Waals surface area contributed by atoms with Gasteiger partial charge in [0.05, 0.1) is 9.82 Å². The highest BCUT2D eigenvalue weighted by atomic mass is 32.2. The summed E-state index contributed by atoms with van der Waals surface area (Å²) in [6.45, 7) is 1.56. The van der Waals surface area contributed by atoms with Crippen molar-refractivity contribution in [2.75, 3.05) is 5.32 Å². The molecule has 3 aromatic rings. The molecule has 0 fully saturated rings. The average molecular weight is 402 g/mol. The lowest BCUT2D eigenvalue weighted by molar-refractivity contribution is -0.385. The van der Waals surface area contributed by atoms with Crippen molar-refractivity contribution < 1.29 is 27.8 Å². The number of amides is 1. The number of nitro benzene ring substituents is 1. The van der Waals surface area contributed by atoms with Crippen molar-refractivity contribution in [2.45, 2.75) is 11.8 Å². The molecular formula is C18H14N2O7S. The number of anilines is 1. The summed E-state index contributed by atoms with van der Waals surface area (Å²) in [6, 6.07) is 10.5. The molecule has 0 aliphatic rings. The molecule has 0 aliphatic heterocycles. The van der Waals surface area contributed by atoms with Crippen molar-refractivity contribution in [3.8, 4) is 5.75 Å². The minimum Gasteiger partial charge on any atom is -0.507 e. The number of nitro groups is 1. The Balaban J connectivity index is 1.95. The van der Waals surface area contributed by atoms with E-state index in [0.29, 0.717) is 10.9 Å². The minimum absolute atomic E-state index is 0.0864. The first-order valence-electron chi connectivity index (χ1n) is 7.87. The molecule has 0 unspecified atom stereocenters. The van der Waals surface area contributed by atoms with Gasteiger partial charge in [-0.3, -0.25) is 19.5 Å². The number of carbonyl (C=O) groups excluding carboxylic acids is 1. The average Bonchev–Trinajstić information content (AvgIpc) is 2.61. The van der Waals surface area contributed by atoms with Gasteiger partial charge in [0.2, 0.25) is 0 Å². The van der Waals surface area contributed by atoms with Gasteiger partial charge in [-0.2, -0.15) is 8.42 Å². The Morgan fingerprint density at radius 3 is 2.46 bits per heavy atom. The molecule has 0 saturated carbocycles. The maximum absolute atomic E-state index is 12.4. The minimum atomic E-state index is -4.48. The molecule has 10 heteroatoms. The Morgan fingerprint density at radius 1 is 1.11 bits per heavy atom. The second kappa shape index (κ2) is 6.91. The van der Waals surface area contributed by atoms with Gasteiger partial charge in [0, 0.05) is 34.3 Å². The van der Waals surface area contributed by atoms with Crippen LogP contribution in [0.2, 0.25) is 0 Å². The highest BCUT2D eigenvalue weighted by Crippen LogP contribution is 2.31. The first kappa shape index (κ1) is 19.3. The molecule has 0 atom stereocenters. The normalized spacial score (nSPS) is 11.4. The largest absolute Gasteiger partial charge is 0.507 e. The van der Waals surface area contributed by atoms with E-state index >= 15 is 0 Å². The molecule has 9 nitrogen and oxygen atoms in total. The van der Waals surface area contributed by atoms with Gasteiger partial charge in [-0.25, -0.2) is 0 Å². The summed E-state index contributed by atoms with van der Waals surface area (Å²) in [5, 5.41) is 24.2. The van der Waals surface area contributed by atoms with E-state index in [1.165, 1.54) is 42.5 Å². The smallest absolute Gasteiger partial charge is 0.294 e. The summed E-state index contributed by atoms with van der Waals surface area (Å²) in [7, 11) is -4.48. The number of nitrogens with one attached hydrogen (secondary N) is 1. The van der Waals surface area contributed by atoms with E-state index in [1.807, 2.05) is 0 Å². The summed E-state index contributed by atoms with van der Waals surface area (Å²) < 4.78 is 31.6. The third-order valence-corrected chi connectivity index (χ3v) is 4.96. The number of hydrogen-bond donors (Lipinski definition) is 3. The predicted octanol–water partition coefficient (Wildman–Crippen LogP) is 3.26. The van der Waals surface area contributed by atoms with Gasteiger partial charge in [0.1, 0.15) is 5.75 Å². The van der Waals surface area contributed by atoms with Crippen molar-refractivity contribution in [3.63, 3.8) is 0 Å². The molecule has 0 spiro atoms. The van der Waals surface area contributed by atoms with E-state index < -0.39 is 31.6 Å². The highest BCUT2D eigenvalue weighted by Gasteiger charge is 2.16. The van der Waals surface area contributed by atoms with Crippen molar-refractivity contribution in [2.24, 2.45) is 0 Å². The van der Waals surface area contributed by atoms with Crippen LogP contribution >= 0.6 is 0 Å². The SMILES string of the molecule is Cc1ccc(C(=O)Nc2ccc3cc(S(=O)(=O)O)cc(O)c3c2)cc1[N+](=O)[O-]. The van der Waals surface area contributed by atoms with Gasteiger partial charge in [0.15, 0.2) is 0 Å². The Hall–Kier alpha value is -3.50. The van der Waals surface area contributed by atoms with Gasteiger partial charge < -0.3 is 10.4 Å². The van der Waals surface area contributed by atoms with Crippen LogP contribution in [0.5, 0.6) is 5.75 Å². The first-order valence-corrected chi connectivity index (χ1v) is 9.31. The fourth-order valence-corrected chi connectivity index (χ4v) is 3.23. The molecule has 28 heavy (non-hydrogen) atoms. The fourth-order valence-electron chi connectivity index (χ4n) is 2.69. The second-order valence-corrected chi connectivity index (χ2v) is 7.49. The first-order chi connectivity index (χ1) is 13.1. The Labute approximate surface area is 159 Å². The van der Waals surface area contributed by atoms with Crippen molar-refractivity contribution in [1.29, 1.82) is 0 Å². The van der Waals surface area contributed by atoms with Gasteiger partial charge in [-0.05, 0) is 36.6 Å². The summed E-state index contributed by atoms with van der Waals surface area (Å²) >= 11 is 0. The van der Waals surface area contributed by atoms with Crippen molar-refractivity contribution in [3.05, 3.63) is 69.8 Å². The van der Waals surface area contributed by atoms with Crippen LogP contribution in [0.15, 0.2) is 53.4 Å². The lowest BCUT2D eigenvalue weighted by Crippen LogP contribution is -2.12. The van der Waals surface area contributed by atoms with Crippen LogP contribution in [0.25, 0.3) is 10.8 Å². The van der Waals surface area contributed by atoms with Gasteiger partial charge in [0.25, 0.3) is 21.7 Å². The quantitative estimate of drug-likeness (QED) is 0.345. The molecule has 0 aliphatic carbocycles. The number of hydrogen-bond acceptors (Lipinski definition) is 6. The maximum atomic E-state index is 12.4. The van der Waals surface area contributed by atoms with Crippen LogP contribution < -0.4 is 5.32 Å². The lowest BCUT2D eigenvalue weighted by Gasteiger charge is -2.09. The second-order valence-electron chi connectivity index (χ2n) is 6.07. The Bertz CT molecular complexity index is 1240. The van der Waals surface area contributed by atoms with Crippen molar-refractivity contribution >= 4 is 38.2 Å². The molecule has 3 aromatic carbocycles. The zero-order valence-corrected chi connectivity index (χ0v) is 15.2. The highest BCUT2D eigenvalue weighted by molar-refractivity contribution is 7.85. The molecule has 3 rings (SSSR count). The number of benzene rings is 3. The zero-order chi connectivity index (χ0) is 20.6. The van der Waals surface area contributed by atoms with Gasteiger partial charge in [-0.1, -0.05) is 12.1 Å². The monoisotopic (exact) mass is 402 g/mol. The molecule has 0 heterocycles. The number of aromatic hydroxyl groups is 1. The van der Waals surface area contributed by atoms with E-state index in [1.54, 1.807) is 6.92 Å². The summed E-state index contributed by atoms with van der Waals surface area (Å²) in [5.41, 5.74) is 0.618. The number of rotatable bonds is 4. The molecule has 0 radical (unpaired) electrons. The van der Waals surface area contributed by atoms with Crippen LogP contribution in [-0.2, 0) is 10.1 Å². The van der Waals surface area contributed by atoms with E-state index in [-0.39, 0.29) is 22.3 Å². The molecule has 3 N–H and O–H groups in total. The maximum Gasteiger partial charge on any atom is 0.294 e. The van der Waals surface area contributed by atoms with E-state index in [4.69, 9.17) is 4.55 Å². The van der Waals surface area contributed by atoms with Gasteiger partial charge >= 0.3 is 0 Å². The lowest BCUT2D eigenvalue weighted by atomic mass is 10.1. The third-order valence-electron chi connectivity index (χ3n) is 4.13. The summed E-state index contributed by atoms with van der Waals surface area (Å²) in [6.07, 6.45) is 0. The predicted molar refractivity (Wildman–Crippen MR) is 101 cm³/mol. The summed E-state index contributed by atoms with van der Waals surface area (Å²) in [4.78, 5) is 22.4. The molecule has 0 bridgehead atoms. The van der Waals surface area contributed by atoms with Crippen LogP contribution in [0.4, 0.5) is 11.4 Å². The topological polar surface area (TPSA) is 147 Å². The van der Waals surface area contributed by atoms with Crippen LogP contribution in [0.1, 0.15) is 15.9 Å². The number of nitrogens with zero attached hydrogens (tertiary/aromatic N) is 1. The number of phenols is 1. The Kier molecular flexibility index (Phi) is 4.75. The van der Waals surface area contributed by atoms with Crippen LogP contribution in [-0.4, -0.2) is 28.9 Å². The van der Waals surface area contributed by atoms with Gasteiger partial charge in [-0.15, -0.1) is 0 Å². The standard InChI is InChI=1S/C18H14N2O7S/c1-10-2-3-12(7-16(10)20(23)24)18(22)19-13-5-4-11-6-14(28(25,26)27)9-17(21)15(11)8-13/h2-9,21H,1H3,(H,19,22)(H,25,26,27). The fraction of sp³-hybridized carbons (Fsp3) is 0.0556. The van der Waals surface area contributed by atoms with Crippen LogP contribution in [0.3, 0.4) is 0 Å². The zero-order valence-electron chi connectivity index (χ0n) is 14.4. The molecule has 0 saturated heterocycles. The van der Waals surface area contributed by atoms with E-state index in [9.17, 15) is 28.4 Å². The molecule has 0 aromatic heterocycles. The number of aryl methyl sites for hydroxylation is 1. The van der Waals surface area contributed by atoms with E-state index in [2.05, 4.69) is 5.32 Å². The number of fused-ring (bicyclic) bond motifs is 1. The molecular weight excluding hydrogens is 388 g/mol. The van der Waals surface area contributed by atoms with E-state index in [0.717, 1.165) is 6.07 Å². The third kappa shape index (κ3) is 3.77. The molecule has 1 amide bonds. The Morgan fingerprint density at radius 2 is 1.82 bits per heavy atom. The number of carbonyl (C=O) groups is 1. The van der Waals surface area contributed by atoms with Crippen LogP contribution in [0, 0.1) is 17.0 Å². The summed E-state index contributed by atoms with van der Waals surface area (Å²) in [5.74, 6) is -0.983. The molecule has 144 valence electrons. The number of phenolic OH excluding ortho intramolecular Hbond substituents is 1. The van der Waals surface area contributed by atoms with Crippen molar-refractivity contribution in [1.82, 2.24) is 0 Å².